The summed E-state index contributed by atoms with van der Waals surface area (Å²) in [7, 11) is 0. The van der Waals surface area contributed by atoms with Gasteiger partial charge in [-0.3, -0.25) is 4.79 Å². The first-order valence-electron chi connectivity index (χ1n) is 5.42. The van der Waals surface area contributed by atoms with Crippen LogP contribution in [0.2, 0.25) is 0 Å². The minimum absolute atomic E-state index is 0.0307. The Morgan fingerprint density at radius 3 is 2.08 bits per heavy atom. The smallest absolute Gasteiger partial charge is 0.308 e. The molecule has 0 heterocycles. The maximum absolute atomic E-state index is 11.1. The van der Waals surface area contributed by atoms with Gasteiger partial charge in [0, 0.05) is 0 Å². The monoisotopic (exact) mass is 188 g/mol. The summed E-state index contributed by atoms with van der Waals surface area (Å²) in [5.41, 5.74) is 0. The zero-order valence-corrected chi connectivity index (χ0v) is 9.72. The molecule has 0 aliphatic heterocycles. The molecule has 13 heavy (non-hydrogen) atoms. The number of esters is 1. The van der Waals surface area contributed by atoms with E-state index in [1.54, 1.807) is 0 Å². The van der Waals surface area contributed by atoms with Crippen LogP contribution in [0.3, 0.4) is 0 Å². The van der Waals surface area contributed by atoms with E-state index in [4.69, 9.17) is 4.74 Å². The van der Waals surface area contributed by atoms with Crippen molar-refractivity contribution in [1.82, 2.24) is 0 Å². The van der Waals surface area contributed by atoms with Crippen molar-refractivity contribution < 1.29 is 9.53 Å². The quantitative estimate of drug-likeness (QED) is 0.618. The number of ether oxygens (including phenoxy) is 1. The highest BCUT2D eigenvalue weighted by Gasteiger charge is 2.15. The van der Waals surface area contributed by atoms with Gasteiger partial charge in [0.15, 0.2) is 0 Å². The van der Waals surface area contributed by atoms with Gasteiger partial charge in [-0.05, 0) is 19.8 Å². The topological polar surface area (TPSA) is 26.3 Å². The molecule has 0 bridgehead atoms. The summed E-state index contributed by atoms with van der Waals surface area (Å²) in [6, 6.07) is 0. The van der Waals surface area contributed by atoms with E-state index in [2.05, 4.69) is 6.92 Å². The van der Waals surface area contributed by atoms with Crippen molar-refractivity contribution in [3.8, 4) is 0 Å². The molecule has 0 aromatic rings. The van der Waals surface area contributed by atoms with Gasteiger partial charge in [-0.15, -0.1) is 0 Å². The van der Waals surface area contributed by atoms with Gasteiger partial charge in [-0.2, -0.15) is 0 Å². The first-order chi connectivity index (χ1) is 6.26. The molecule has 0 radical (unpaired) electrons. The molecule has 0 saturated carbocycles. The minimum atomic E-state index is -0.0307. The average molecular weight is 188 g/mol. The fraction of sp³-hybridized carbons (Fsp3) is 0.909. The molecule has 0 fully saturated rings. The van der Waals surface area contributed by atoms with Gasteiger partial charge in [0.1, 0.15) is 0 Å². The van der Waals surface area contributed by atoms with Crippen molar-refractivity contribution in [3.63, 3.8) is 0 Å². The molecule has 0 aliphatic carbocycles. The Bertz CT molecular complexity index is 111. The molecule has 1 atom stereocenters. The van der Waals surface area contributed by atoms with Crippen molar-refractivity contribution in [1.29, 1.82) is 0 Å². The molecule has 0 aliphatic rings. The second-order valence-corrected chi connectivity index (χ2v) is 2.65. The fourth-order valence-corrected chi connectivity index (χ4v) is 1.10. The second-order valence-electron chi connectivity index (χ2n) is 2.65. The third-order valence-electron chi connectivity index (χ3n) is 1.75. The summed E-state index contributed by atoms with van der Waals surface area (Å²) in [5, 5.41) is 0. The molecule has 0 N–H and O–H groups in total. The van der Waals surface area contributed by atoms with Crippen LogP contribution in [0.4, 0.5) is 0 Å². The van der Waals surface area contributed by atoms with Crippen molar-refractivity contribution in [2.24, 2.45) is 5.92 Å². The normalized spacial score (nSPS) is 11.2. The Hall–Kier alpha value is -0.530. The summed E-state index contributed by atoms with van der Waals surface area (Å²) in [6.45, 7) is 10.5. The van der Waals surface area contributed by atoms with Crippen molar-refractivity contribution in [2.75, 3.05) is 6.61 Å². The van der Waals surface area contributed by atoms with E-state index in [1.165, 1.54) is 0 Å². The first kappa shape index (κ1) is 15.0. The van der Waals surface area contributed by atoms with Crippen LogP contribution in [0.15, 0.2) is 0 Å². The van der Waals surface area contributed by atoms with Crippen LogP contribution in [0, 0.1) is 5.92 Å². The summed E-state index contributed by atoms with van der Waals surface area (Å²) in [5.74, 6) is 0.0943. The Labute approximate surface area is 82.7 Å². The van der Waals surface area contributed by atoms with Crippen molar-refractivity contribution in [3.05, 3.63) is 0 Å². The molecule has 1 unspecified atom stereocenters. The zero-order chi connectivity index (χ0) is 10.7. The van der Waals surface area contributed by atoms with Gasteiger partial charge < -0.3 is 4.74 Å². The number of carbonyl (C=O) groups excluding carboxylic acids is 1. The molecule has 0 amide bonds. The molecule has 2 heteroatoms. The molecular formula is C11H24O2. The fourth-order valence-electron chi connectivity index (χ4n) is 1.10. The summed E-state index contributed by atoms with van der Waals surface area (Å²) >= 11 is 0. The summed E-state index contributed by atoms with van der Waals surface area (Å²) in [6.07, 6.45) is 2.90. The number of hydrogen-bond donors (Lipinski definition) is 0. The van der Waals surface area contributed by atoms with Crippen LogP contribution in [-0.2, 0) is 9.53 Å². The van der Waals surface area contributed by atoms with Crippen LogP contribution in [-0.4, -0.2) is 12.6 Å². The molecule has 0 spiro atoms. The van der Waals surface area contributed by atoms with E-state index >= 15 is 0 Å². The molecule has 0 saturated heterocycles. The highest BCUT2D eigenvalue weighted by atomic mass is 16.5. The van der Waals surface area contributed by atoms with E-state index < -0.39 is 0 Å². The van der Waals surface area contributed by atoms with Crippen LogP contribution in [0.5, 0.6) is 0 Å². The number of carbonyl (C=O) groups is 1. The molecule has 0 aromatic carbocycles. The summed E-state index contributed by atoms with van der Waals surface area (Å²) in [4.78, 5) is 11.1. The van der Waals surface area contributed by atoms with E-state index in [9.17, 15) is 4.79 Å². The van der Waals surface area contributed by atoms with Gasteiger partial charge >= 0.3 is 5.97 Å². The van der Waals surface area contributed by atoms with Gasteiger partial charge in [0.05, 0.1) is 12.5 Å². The third-order valence-corrected chi connectivity index (χ3v) is 1.75. The van der Waals surface area contributed by atoms with Gasteiger partial charge in [-0.25, -0.2) is 0 Å². The zero-order valence-electron chi connectivity index (χ0n) is 9.72. The van der Waals surface area contributed by atoms with E-state index in [1.807, 2.05) is 27.7 Å². The Morgan fingerprint density at radius 1 is 1.23 bits per heavy atom. The van der Waals surface area contributed by atoms with Gasteiger partial charge in [0.25, 0.3) is 0 Å². The van der Waals surface area contributed by atoms with Gasteiger partial charge in [0.2, 0.25) is 0 Å². The van der Waals surface area contributed by atoms with Gasteiger partial charge in [-0.1, -0.05) is 34.1 Å². The molecule has 2 nitrogen and oxygen atoms in total. The molecule has 0 rings (SSSR count). The minimum Gasteiger partial charge on any atom is -0.466 e. The number of rotatable bonds is 5. The predicted molar refractivity (Wildman–Crippen MR) is 56.7 cm³/mol. The standard InChI is InChI=1S/C9H18O2.C2H6/c1-4-7-8(5-2)9(10)11-6-3;1-2/h8H,4-7H2,1-3H3;1-2H3. The van der Waals surface area contributed by atoms with E-state index in [0.717, 1.165) is 19.3 Å². The SMILES string of the molecule is CC.CCCC(CC)C(=O)OCC. The lowest BCUT2D eigenvalue weighted by Gasteiger charge is -2.11. The molecular weight excluding hydrogens is 164 g/mol. The highest BCUT2D eigenvalue weighted by molar-refractivity contribution is 5.72. The van der Waals surface area contributed by atoms with Crippen molar-refractivity contribution in [2.45, 2.75) is 53.9 Å². The largest absolute Gasteiger partial charge is 0.466 e. The Kier molecular flexibility index (Phi) is 13.2. The maximum Gasteiger partial charge on any atom is 0.308 e. The lowest BCUT2D eigenvalue weighted by Crippen LogP contribution is -2.16. The maximum atomic E-state index is 11.1. The summed E-state index contributed by atoms with van der Waals surface area (Å²) < 4.78 is 4.91. The Balaban J connectivity index is 0. The van der Waals surface area contributed by atoms with Crippen LogP contribution >= 0.6 is 0 Å². The molecule has 0 aromatic heterocycles. The third kappa shape index (κ3) is 7.82. The average Bonchev–Trinajstić information content (AvgIpc) is 2.17. The van der Waals surface area contributed by atoms with Crippen LogP contribution < -0.4 is 0 Å². The van der Waals surface area contributed by atoms with Crippen LogP contribution in [0.25, 0.3) is 0 Å². The van der Waals surface area contributed by atoms with Crippen molar-refractivity contribution >= 4 is 5.97 Å². The first-order valence-corrected chi connectivity index (χ1v) is 5.42. The van der Waals surface area contributed by atoms with Crippen LogP contribution in [0.1, 0.15) is 53.9 Å². The van der Waals surface area contributed by atoms with E-state index in [-0.39, 0.29) is 11.9 Å². The number of hydrogen-bond acceptors (Lipinski definition) is 2. The lowest BCUT2D eigenvalue weighted by atomic mass is 10.0. The Morgan fingerprint density at radius 2 is 1.77 bits per heavy atom. The lowest BCUT2D eigenvalue weighted by molar-refractivity contribution is -0.148. The predicted octanol–water partition coefficient (Wildman–Crippen LogP) is 3.40. The second kappa shape index (κ2) is 11.5. The molecule has 80 valence electrons. The highest BCUT2D eigenvalue weighted by Crippen LogP contribution is 2.12. The van der Waals surface area contributed by atoms with E-state index in [0.29, 0.717) is 6.61 Å².